The van der Waals surface area contributed by atoms with Gasteiger partial charge in [0.2, 0.25) is 11.9 Å². The first-order chi connectivity index (χ1) is 20.0. The van der Waals surface area contributed by atoms with Gasteiger partial charge in [-0.3, -0.25) is 0 Å². The fraction of sp³-hybridized carbons (Fsp3) is 0.393. The highest BCUT2D eigenvalue weighted by Crippen LogP contribution is 2.31. The summed E-state index contributed by atoms with van der Waals surface area (Å²) in [6.45, 7) is 2.48. The summed E-state index contributed by atoms with van der Waals surface area (Å²) in [5.41, 5.74) is 3.07. The van der Waals surface area contributed by atoms with Crippen molar-refractivity contribution in [3.63, 3.8) is 0 Å². The van der Waals surface area contributed by atoms with Gasteiger partial charge in [0.15, 0.2) is 5.82 Å². The number of morpholine rings is 1. The zero-order valence-electron chi connectivity index (χ0n) is 22.3. The van der Waals surface area contributed by atoms with E-state index in [0.29, 0.717) is 61.0 Å². The first-order valence-corrected chi connectivity index (χ1v) is 13.6. The number of nitrogens with zero attached hydrogens (tertiary/aromatic N) is 5. The number of aliphatic hydroxyl groups is 2. The van der Waals surface area contributed by atoms with Gasteiger partial charge in [0.05, 0.1) is 44.1 Å². The highest BCUT2D eigenvalue weighted by molar-refractivity contribution is 6.01. The van der Waals surface area contributed by atoms with Gasteiger partial charge < -0.3 is 40.1 Å². The van der Waals surface area contributed by atoms with Gasteiger partial charge in [-0.1, -0.05) is 0 Å². The van der Waals surface area contributed by atoms with Gasteiger partial charge in [-0.15, -0.1) is 0 Å². The maximum absolute atomic E-state index is 12.6. The summed E-state index contributed by atoms with van der Waals surface area (Å²) in [4.78, 5) is 42.4. The lowest BCUT2D eigenvalue weighted by Crippen LogP contribution is -2.42. The average Bonchev–Trinajstić information content (AvgIpc) is 3.60. The number of amides is 2. The Balaban J connectivity index is 1.22. The van der Waals surface area contributed by atoms with Crippen LogP contribution in [0.1, 0.15) is 28.8 Å². The van der Waals surface area contributed by atoms with Crippen molar-refractivity contribution in [3.05, 3.63) is 53.6 Å². The summed E-state index contributed by atoms with van der Waals surface area (Å²) < 4.78 is 10.5. The third-order valence-electron chi connectivity index (χ3n) is 7.52. The number of fused-ring (bicyclic) bond motifs is 1. The third kappa shape index (κ3) is 5.64. The van der Waals surface area contributed by atoms with Crippen molar-refractivity contribution in [2.75, 3.05) is 60.0 Å². The van der Waals surface area contributed by atoms with Crippen LogP contribution in [-0.4, -0.2) is 88.8 Å². The quantitative estimate of drug-likeness (QED) is 0.312. The van der Waals surface area contributed by atoms with E-state index < -0.39 is 6.03 Å². The molecule has 3 aliphatic rings. The number of nitrogens with one attached hydrogen (secondary N) is 2. The molecule has 2 aromatic carbocycles. The van der Waals surface area contributed by atoms with Crippen LogP contribution in [0.3, 0.4) is 0 Å². The largest absolute Gasteiger partial charge is 0.457 e. The lowest BCUT2D eigenvalue weighted by Gasteiger charge is -2.31. The zero-order valence-corrected chi connectivity index (χ0v) is 22.3. The predicted octanol–water partition coefficient (Wildman–Crippen LogP) is 2.01. The molecule has 0 unspecified atom stereocenters. The number of aromatic nitrogens is 3. The SMILES string of the molecule is O=C(Nc1ccc(-c2nc(N3CCOCC3)nc(N3[C@H](CO)CC[C@@H]3CO)n2)cc1)Nc1ccc2c(c1)COC2=O. The molecular formula is C28H31N7O6. The predicted molar refractivity (Wildman–Crippen MR) is 150 cm³/mol. The molecule has 0 radical (unpaired) electrons. The van der Waals surface area contributed by atoms with Gasteiger partial charge in [0.1, 0.15) is 6.61 Å². The maximum Gasteiger partial charge on any atom is 0.338 e. The molecule has 0 saturated carbocycles. The van der Waals surface area contributed by atoms with E-state index in [-0.39, 0.29) is 37.9 Å². The molecule has 3 aromatic rings. The molecule has 4 N–H and O–H groups in total. The number of esters is 1. The Hall–Kier alpha value is -4.33. The summed E-state index contributed by atoms with van der Waals surface area (Å²) >= 11 is 0. The second kappa shape index (κ2) is 11.6. The number of hydrogen-bond acceptors (Lipinski definition) is 11. The van der Waals surface area contributed by atoms with Gasteiger partial charge in [0.25, 0.3) is 0 Å². The molecule has 6 rings (SSSR count). The number of aliphatic hydroxyl groups excluding tert-OH is 2. The van der Waals surface area contributed by atoms with Crippen LogP contribution in [0.15, 0.2) is 42.5 Å². The highest BCUT2D eigenvalue weighted by atomic mass is 16.5. The monoisotopic (exact) mass is 561 g/mol. The number of cyclic esters (lactones) is 1. The van der Waals surface area contributed by atoms with E-state index in [2.05, 4.69) is 10.6 Å². The van der Waals surface area contributed by atoms with Crippen LogP contribution in [-0.2, 0) is 16.1 Å². The van der Waals surface area contributed by atoms with E-state index in [0.717, 1.165) is 24.0 Å². The van der Waals surface area contributed by atoms with Crippen LogP contribution in [0, 0.1) is 0 Å². The van der Waals surface area contributed by atoms with E-state index in [1.807, 2.05) is 21.9 Å². The molecule has 13 heteroatoms. The summed E-state index contributed by atoms with van der Waals surface area (Å²) in [6, 6.07) is 11.3. The molecule has 2 amide bonds. The highest BCUT2D eigenvalue weighted by Gasteiger charge is 2.35. The lowest BCUT2D eigenvalue weighted by molar-refractivity contribution is 0.0535. The number of benzene rings is 2. The zero-order chi connectivity index (χ0) is 28.3. The summed E-state index contributed by atoms with van der Waals surface area (Å²) in [5.74, 6) is 1.01. The fourth-order valence-electron chi connectivity index (χ4n) is 5.36. The van der Waals surface area contributed by atoms with Crippen molar-refractivity contribution >= 4 is 35.3 Å². The summed E-state index contributed by atoms with van der Waals surface area (Å²) in [5, 5.41) is 25.5. The van der Waals surface area contributed by atoms with Gasteiger partial charge >= 0.3 is 12.0 Å². The van der Waals surface area contributed by atoms with Crippen LogP contribution >= 0.6 is 0 Å². The molecule has 0 bridgehead atoms. The number of anilines is 4. The lowest BCUT2D eigenvalue weighted by atomic mass is 10.1. The van der Waals surface area contributed by atoms with E-state index in [9.17, 15) is 19.8 Å². The van der Waals surface area contributed by atoms with Crippen LogP contribution in [0.2, 0.25) is 0 Å². The molecule has 1 aromatic heterocycles. The molecule has 13 nitrogen and oxygen atoms in total. The number of rotatable bonds is 7. The van der Waals surface area contributed by atoms with Gasteiger partial charge in [-0.05, 0) is 55.3 Å². The molecule has 4 heterocycles. The molecule has 3 aliphatic heterocycles. The third-order valence-corrected chi connectivity index (χ3v) is 7.52. The van der Waals surface area contributed by atoms with Crippen LogP contribution in [0.5, 0.6) is 0 Å². The van der Waals surface area contributed by atoms with Crippen molar-refractivity contribution in [3.8, 4) is 11.4 Å². The minimum atomic E-state index is -0.431. The Morgan fingerprint density at radius 3 is 2.27 bits per heavy atom. The number of carbonyl (C=O) groups excluding carboxylic acids is 2. The second-order valence-corrected chi connectivity index (χ2v) is 10.1. The molecule has 0 spiro atoms. The van der Waals surface area contributed by atoms with Gasteiger partial charge in [-0.25, -0.2) is 9.59 Å². The Morgan fingerprint density at radius 1 is 0.902 bits per heavy atom. The van der Waals surface area contributed by atoms with Crippen molar-refractivity contribution in [1.82, 2.24) is 15.0 Å². The maximum atomic E-state index is 12.6. The molecule has 214 valence electrons. The van der Waals surface area contributed by atoms with Crippen molar-refractivity contribution < 1.29 is 29.3 Å². The molecule has 2 atom stereocenters. The Bertz CT molecular complexity index is 1420. The summed E-state index contributed by atoms with van der Waals surface area (Å²) in [7, 11) is 0. The molecular weight excluding hydrogens is 530 g/mol. The van der Waals surface area contributed by atoms with Gasteiger partial charge in [-0.2, -0.15) is 15.0 Å². The Morgan fingerprint density at radius 2 is 1.56 bits per heavy atom. The van der Waals surface area contributed by atoms with Gasteiger partial charge in [0, 0.05) is 35.6 Å². The number of urea groups is 1. The number of hydrogen-bond donors (Lipinski definition) is 4. The Kier molecular flexibility index (Phi) is 7.63. The van der Waals surface area contributed by atoms with Crippen LogP contribution in [0.25, 0.3) is 11.4 Å². The van der Waals surface area contributed by atoms with Crippen molar-refractivity contribution in [1.29, 1.82) is 0 Å². The second-order valence-electron chi connectivity index (χ2n) is 10.1. The first kappa shape index (κ1) is 26.9. The van der Waals surface area contributed by atoms with E-state index in [4.69, 9.17) is 24.4 Å². The van der Waals surface area contributed by atoms with Crippen LogP contribution in [0.4, 0.5) is 28.1 Å². The standard InChI is InChI=1S/C28H31N7O6/c36-14-21-6-7-22(15-37)35(21)27-32-24(31-26(33-27)34-9-11-40-12-10-34)17-1-3-19(4-2-17)29-28(39)30-20-5-8-23-18(13-20)16-41-25(23)38/h1-5,8,13,21-22,36-37H,6-7,9-12,14-16H2,(H2,29,30,39)/t21-,22+. The topological polar surface area (TPSA) is 162 Å². The molecule has 2 fully saturated rings. The van der Waals surface area contributed by atoms with E-state index in [1.54, 1.807) is 30.3 Å². The summed E-state index contributed by atoms with van der Waals surface area (Å²) in [6.07, 6.45) is 1.46. The number of ether oxygens (including phenoxy) is 2. The molecule has 41 heavy (non-hydrogen) atoms. The minimum Gasteiger partial charge on any atom is -0.457 e. The van der Waals surface area contributed by atoms with Crippen molar-refractivity contribution in [2.45, 2.75) is 31.5 Å². The first-order valence-electron chi connectivity index (χ1n) is 13.6. The van der Waals surface area contributed by atoms with E-state index >= 15 is 0 Å². The molecule has 0 aliphatic carbocycles. The normalized spacial score (nSPS) is 20.1. The Labute approximate surface area is 236 Å². The molecule has 2 saturated heterocycles. The number of carbonyl (C=O) groups is 2. The van der Waals surface area contributed by atoms with Crippen molar-refractivity contribution in [2.24, 2.45) is 0 Å². The minimum absolute atomic E-state index is 0.0653. The average molecular weight is 562 g/mol. The smallest absolute Gasteiger partial charge is 0.338 e. The van der Waals surface area contributed by atoms with E-state index in [1.165, 1.54) is 0 Å². The van der Waals surface area contributed by atoms with Crippen LogP contribution < -0.4 is 20.4 Å². The fourth-order valence-corrected chi connectivity index (χ4v) is 5.36.